The van der Waals surface area contributed by atoms with E-state index in [0.29, 0.717) is 5.56 Å². The van der Waals surface area contributed by atoms with Crippen LogP contribution in [0.15, 0.2) is 35.4 Å². The predicted molar refractivity (Wildman–Crippen MR) is 70.7 cm³/mol. The van der Waals surface area contributed by atoms with Gasteiger partial charge in [0.2, 0.25) is 0 Å². The van der Waals surface area contributed by atoms with E-state index in [1.54, 1.807) is 12.1 Å². The maximum absolute atomic E-state index is 11.8. The first kappa shape index (κ1) is 13.5. The van der Waals surface area contributed by atoms with Gasteiger partial charge in [-0.05, 0) is 5.56 Å². The summed E-state index contributed by atoms with van der Waals surface area (Å²) in [5, 5.41) is 10.4. The number of nitrogens with zero attached hydrogens (tertiary/aromatic N) is 3. The number of hydrogen-bond donors (Lipinski definition) is 0. The van der Waals surface area contributed by atoms with E-state index in [2.05, 4.69) is 4.98 Å². The molecule has 2 aromatic rings. The van der Waals surface area contributed by atoms with Gasteiger partial charge in [-0.25, -0.2) is 4.98 Å². The summed E-state index contributed by atoms with van der Waals surface area (Å²) in [6.07, 6.45) is 1.25. The molecule has 0 spiro atoms. The molecule has 0 aliphatic heterocycles. The van der Waals surface area contributed by atoms with Crippen LogP contribution in [0, 0.1) is 10.1 Å². The lowest BCUT2D eigenvalue weighted by Gasteiger charge is -2.06. The van der Waals surface area contributed by atoms with Crippen molar-refractivity contribution in [2.24, 2.45) is 0 Å². The fourth-order valence-electron chi connectivity index (χ4n) is 1.52. The van der Waals surface area contributed by atoms with Crippen molar-refractivity contribution in [3.63, 3.8) is 0 Å². The van der Waals surface area contributed by atoms with E-state index in [9.17, 15) is 14.9 Å². The molecular weight excluding hydrogens is 293 g/mol. The van der Waals surface area contributed by atoms with E-state index < -0.39 is 10.5 Å². The van der Waals surface area contributed by atoms with Crippen molar-refractivity contribution in [2.45, 2.75) is 6.54 Å². The normalized spacial score (nSPS) is 10.4. The molecular formula is C11H7Cl2N3O3. The van der Waals surface area contributed by atoms with Gasteiger partial charge >= 0.3 is 0 Å². The van der Waals surface area contributed by atoms with Gasteiger partial charge < -0.3 is 0 Å². The van der Waals surface area contributed by atoms with Crippen LogP contribution in [0.1, 0.15) is 5.56 Å². The number of rotatable bonds is 3. The second-order valence-electron chi connectivity index (χ2n) is 3.71. The summed E-state index contributed by atoms with van der Waals surface area (Å²) >= 11 is 11.3. The number of hydrogen-bond acceptors (Lipinski definition) is 4. The van der Waals surface area contributed by atoms with Crippen LogP contribution in [0.4, 0.5) is 5.69 Å². The summed E-state index contributed by atoms with van der Waals surface area (Å²) in [6.45, 7) is 0.129. The first-order valence-corrected chi connectivity index (χ1v) is 5.88. The van der Waals surface area contributed by atoms with Gasteiger partial charge in [0.25, 0.3) is 11.2 Å². The Labute approximate surface area is 117 Å². The maximum atomic E-state index is 11.8. The van der Waals surface area contributed by atoms with Crippen LogP contribution in [0.5, 0.6) is 0 Å². The molecule has 1 heterocycles. The third-order valence-corrected chi connectivity index (χ3v) is 3.14. The molecule has 0 aliphatic carbocycles. The highest BCUT2D eigenvalue weighted by Crippen LogP contribution is 2.15. The second-order valence-corrected chi connectivity index (χ2v) is 4.45. The molecule has 0 saturated heterocycles. The standard InChI is InChI=1S/C11H7Cl2N3O3/c12-9-10(13)14-6-15(11(9)17)5-7-2-1-3-8(4-7)16(18)19/h1-4,6H,5H2. The molecule has 0 saturated carbocycles. The van der Waals surface area contributed by atoms with E-state index in [1.165, 1.54) is 23.0 Å². The lowest BCUT2D eigenvalue weighted by Crippen LogP contribution is -2.21. The summed E-state index contributed by atoms with van der Waals surface area (Å²) in [5.74, 6) is 0. The minimum atomic E-state index is -0.501. The Morgan fingerprint density at radius 2 is 2.11 bits per heavy atom. The molecule has 0 aliphatic rings. The van der Waals surface area contributed by atoms with Crippen molar-refractivity contribution in [3.05, 3.63) is 66.8 Å². The van der Waals surface area contributed by atoms with Gasteiger partial charge in [-0.1, -0.05) is 35.3 Å². The summed E-state index contributed by atoms with van der Waals surface area (Å²) in [5.41, 5.74) is 0.0585. The Bertz CT molecular complexity index is 700. The van der Waals surface area contributed by atoms with Gasteiger partial charge in [0.1, 0.15) is 5.02 Å². The fourth-order valence-corrected chi connectivity index (χ4v) is 1.80. The lowest BCUT2D eigenvalue weighted by molar-refractivity contribution is -0.384. The lowest BCUT2D eigenvalue weighted by atomic mass is 10.2. The number of aromatic nitrogens is 2. The molecule has 0 N–H and O–H groups in total. The topological polar surface area (TPSA) is 78.0 Å². The van der Waals surface area contributed by atoms with E-state index >= 15 is 0 Å². The third kappa shape index (κ3) is 2.91. The summed E-state index contributed by atoms with van der Waals surface area (Å²) in [7, 11) is 0. The minimum Gasteiger partial charge on any atom is -0.293 e. The van der Waals surface area contributed by atoms with E-state index in [1.807, 2.05) is 0 Å². The number of benzene rings is 1. The van der Waals surface area contributed by atoms with Crippen molar-refractivity contribution in [1.29, 1.82) is 0 Å². The van der Waals surface area contributed by atoms with Crippen LogP contribution in [-0.2, 0) is 6.54 Å². The summed E-state index contributed by atoms with van der Waals surface area (Å²) < 4.78 is 1.23. The molecule has 0 fully saturated rings. The van der Waals surface area contributed by atoms with E-state index in [0.717, 1.165) is 0 Å². The number of non-ortho nitro benzene ring substituents is 1. The summed E-state index contributed by atoms with van der Waals surface area (Å²) in [4.78, 5) is 25.7. The molecule has 0 bridgehead atoms. The SMILES string of the molecule is O=c1c(Cl)c(Cl)ncn1Cc1cccc([N+](=O)[O-])c1. The van der Waals surface area contributed by atoms with Crippen LogP contribution in [0.2, 0.25) is 10.2 Å². The van der Waals surface area contributed by atoms with Gasteiger partial charge in [-0.3, -0.25) is 19.5 Å². The third-order valence-electron chi connectivity index (χ3n) is 2.41. The van der Waals surface area contributed by atoms with E-state index in [-0.39, 0.29) is 22.4 Å². The van der Waals surface area contributed by atoms with Crippen molar-refractivity contribution in [1.82, 2.24) is 9.55 Å². The number of nitro benzene ring substituents is 1. The highest BCUT2D eigenvalue weighted by atomic mass is 35.5. The van der Waals surface area contributed by atoms with Crippen LogP contribution >= 0.6 is 23.2 Å². The molecule has 0 atom stereocenters. The molecule has 2 rings (SSSR count). The van der Waals surface area contributed by atoms with E-state index in [4.69, 9.17) is 23.2 Å². The largest absolute Gasteiger partial charge is 0.293 e. The molecule has 8 heteroatoms. The van der Waals surface area contributed by atoms with Crippen LogP contribution < -0.4 is 5.56 Å². The second kappa shape index (κ2) is 5.38. The Balaban J connectivity index is 2.37. The molecule has 6 nitrogen and oxygen atoms in total. The fraction of sp³-hybridized carbons (Fsp3) is 0.0909. The average molecular weight is 300 g/mol. The molecule has 1 aromatic carbocycles. The Hall–Kier alpha value is -1.92. The van der Waals surface area contributed by atoms with Crippen molar-refractivity contribution < 1.29 is 4.92 Å². The van der Waals surface area contributed by atoms with Gasteiger partial charge in [0.15, 0.2) is 5.15 Å². The Morgan fingerprint density at radius 1 is 1.37 bits per heavy atom. The number of nitro groups is 1. The van der Waals surface area contributed by atoms with Crippen LogP contribution in [0.25, 0.3) is 0 Å². The number of halogens is 2. The average Bonchev–Trinajstić information content (AvgIpc) is 2.40. The molecule has 98 valence electrons. The van der Waals surface area contributed by atoms with Gasteiger partial charge in [0, 0.05) is 12.1 Å². The van der Waals surface area contributed by atoms with Gasteiger partial charge in [0.05, 0.1) is 17.8 Å². The smallest absolute Gasteiger partial charge is 0.273 e. The molecule has 0 radical (unpaired) electrons. The maximum Gasteiger partial charge on any atom is 0.273 e. The first-order chi connectivity index (χ1) is 8.99. The van der Waals surface area contributed by atoms with Crippen LogP contribution in [-0.4, -0.2) is 14.5 Å². The zero-order valence-electron chi connectivity index (χ0n) is 9.42. The zero-order chi connectivity index (χ0) is 14.0. The Morgan fingerprint density at radius 3 is 2.79 bits per heavy atom. The van der Waals surface area contributed by atoms with Crippen molar-refractivity contribution in [2.75, 3.05) is 0 Å². The van der Waals surface area contributed by atoms with Crippen molar-refractivity contribution >= 4 is 28.9 Å². The molecule has 19 heavy (non-hydrogen) atoms. The van der Waals surface area contributed by atoms with Gasteiger partial charge in [-0.15, -0.1) is 0 Å². The molecule has 0 amide bonds. The zero-order valence-corrected chi connectivity index (χ0v) is 10.9. The van der Waals surface area contributed by atoms with Gasteiger partial charge in [-0.2, -0.15) is 0 Å². The highest BCUT2D eigenvalue weighted by Gasteiger charge is 2.10. The quantitative estimate of drug-likeness (QED) is 0.495. The first-order valence-electron chi connectivity index (χ1n) is 5.13. The predicted octanol–water partition coefficient (Wildman–Crippen LogP) is 2.51. The monoisotopic (exact) mass is 299 g/mol. The minimum absolute atomic E-state index is 0.0430. The summed E-state index contributed by atoms with van der Waals surface area (Å²) in [6, 6.07) is 5.97. The van der Waals surface area contributed by atoms with Crippen molar-refractivity contribution in [3.8, 4) is 0 Å². The molecule has 0 unspecified atom stereocenters. The van der Waals surface area contributed by atoms with Crippen LogP contribution in [0.3, 0.4) is 0 Å². The molecule has 1 aromatic heterocycles. The highest BCUT2D eigenvalue weighted by molar-refractivity contribution is 6.40. The Kier molecular flexibility index (Phi) is 3.82.